The van der Waals surface area contributed by atoms with Gasteiger partial charge in [0.1, 0.15) is 0 Å². The van der Waals surface area contributed by atoms with Crippen molar-refractivity contribution < 1.29 is 27.8 Å². The summed E-state index contributed by atoms with van der Waals surface area (Å²) in [5, 5.41) is 8.63. The van der Waals surface area contributed by atoms with Gasteiger partial charge in [-0.3, -0.25) is 4.79 Å². The first-order valence-corrected chi connectivity index (χ1v) is 6.87. The van der Waals surface area contributed by atoms with Gasteiger partial charge in [-0.15, -0.1) is 0 Å². The Morgan fingerprint density at radius 3 is 2.88 bits per heavy atom. The molecule has 0 aromatic rings. The summed E-state index contributed by atoms with van der Waals surface area (Å²) in [6, 6.07) is 0. The van der Waals surface area contributed by atoms with Gasteiger partial charge in [-0.25, -0.2) is 8.42 Å². The minimum atomic E-state index is -3.38. The van der Waals surface area contributed by atoms with Crippen LogP contribution < -0.4 is 0 Å². The normalized spacial score (nSPS) is 22.5. The van der Waals surface area contributed by atoms with Crippen molar-refractivity contribution in [3.8, 4) is 0 Å². The number of carboxylic acids is 1. The van der Waals surface area contributed by atoms with Crippen molar-refractivity contribution in [2.24, 2.45) is 0 Å². The highest BCUT2D eigenvalue weighted by Gasteiger charge is 2.30. The van der Waals surface area contributed by atoms with Crippen LogP contribution in [-0.2, 0) is 24.3 Å². The van der Waals surface area contributed by atoms with Crippen molar-refractivity contribution in [1.82, 2.24) is 4.31 Å². The van der Waals surface area contributed by atoms with E-state index in [4.69, 9.17) is 14.6 Å². The molecule has 0 radical (unpaired) electrons. The quantitative estimate of drug-likeness (QED) is 0.673. The Balaban J connectivity index is 2.56. The van der Waals surface area contributed by atoms with Crippen molar-refractivity contribution in [1.29, 1.82) is 0 Å². The van der Waals surface area contributed by atoms with Crippen LogP contribution in [0.5, 0.6) is 0 Å². The Hall–Kier alpha value is -0.700. The molecule has 1 heterocycles. The largest absolute Gasteiger partial charge is 0.481 e. The Morgan fingerprint density at radius 1 is 1.59 bits per heavy atom. The van der Waals surface area contributed by atoms with E-state index in [2.05, 4.69) is 0 Å². The summed E-state index contributed by atoms with van der Waals surface area (Å²) >= 11 is 0. The van der Waals surface area contributed by atoms with Gasteiger partial charge in [0.15, 0.2) is 0 Å². The van der Waals surface area contributed by atoms with Crippen LogP contribution in [0, 0.1) is 0 Å². The molecule has 7 nitrogen and oxygen atoms in total. The standard InChI is InChI=1S/C9H17NO6S/c1-15-4-5-17(13,14)10-2-3-16-8(7-10)6-9(11)12/h8H,2-7H2,1H3,(H,11,12). The summed E-state index contributed by atoms with van der Waals surface area (Å²) in [6.07, 6.45) is -0.755. The van der Waals surface area contributed by atoms with Gasteiger partial charge in [-0.2, -0.15) is 4.31 Å². The first-order chi connectivity index (χ1) is 7.95. The Kier molecular flexibility index (Phi) is 5.31. The number of sulfonamides is 1. The molecule has 0 aromatic heterocycles. The molecule has 0 saturated carbocycles. The SMILES string of the molecule is COCCS(=O)(=O)N1CCOC(CC(=O)O)C1. The summed E-state index contributed by atoms with van der Waals surface area (Å²) < 4.78 is 34.8. The molecule has 1 fully saturated rings. The lowest BCUT2D eigenvalue weighted by Crippen LogP contribution is -2.47. The molecule has 0 bridgehead atoms. The molecule has 1 unspecified atom stereocenters. The minimum Gasteiger partial charge on any atom is -0.481 e. The van der Waals surface area contributed by atoms with E-state index >= 15 is 0 Å². The molecule has 1 N–H and O–H groups in total. The number of nitrogens with zero attached hydrogens (tertiary/aromatic N) is 1. The van der Waals surface area contributed by atoms with Crippen LogP contribution in [-0.4, -0.2) is 69.1 Å². The Bertz CT molecular complexity index is 354. The summed E-state index contributed by atoms with van der Waals surface area (Å²) in [6.45, 7) is 0.716. The number of hydrogen-bond donors (Lipinski definition) is 1. The van der Waals surface area contributed by atoms with Crippen molar-refractivity contribution in [2.45, 2.75) is 12.5 Å². The molecule has 8 heteroatoms. The van der Waals surface area contributed by atoms with E-state index in [9.17, 15) is 13.2 Å². The second-order valence-corrected chi connectivity index (χ2v) is 5.85. The number of carbonyl (C=O) groups is 1. The average Bonchev–Trinajstić information content (AvgIpc) is 2.26. The van der Waals surface area contributed by atoms with Gasteiger partial charge in [0.05, 0.1) is 31.5 Å². The highest BCUT2D eigenvalue weighted by atomic mass is 32.2. The number of methoxy groups -OCH3 is 1. The summed E-state index contributed by atoms with van der Waals surface area (Å²) in [7, 11) is -1.95. The second-order valence-electron chi connectivity index (χ2n) is 3.76. The molecule has 1 aliphatic rings. The molecular formula is C9H17NO6S. The van der Waals surface area contributed by atoms with Crippen LogP contribution >= 0.6 is 0 Å². The third-order valence-corrected chi connectivity index (χ3v) is 4.24. The van der Waals surface area contributed by atoms with Crippen LogP contribution in [0.2, 0.25) is 0 Å². The van der Waals surface area contributed by atoms with Crippen LogP contribution in [0.15, 0.2) is 0 Å². The number of carboxylic acid groups (broad SMARTS) is 1. The zero-order chi connectivity index (χ0) is 12.9. The van der Waals surface area contributed by atoms with Crippen molar-refractivity contribution >= 4 is 16.0 Å². The molecule has 1 rings (SSSR count). The molecule has 0 amide bonds. The van der Waals surface area contributed by atoms with Crippen molar-refractivity contribution in [3.05, 3.63) is 0 Å². The summed E-state index contributed by atoms with van der Waals surface area (Å²) in [5.74, 6) is -1.09. The molecule has 17 heavy (non-hydrogen) atoms. The monoisotopic (exact) mass is 267 g/mol. The lowest BCUT2D eigenvalue weighted by atomic mass is 10.2. The first-order valence-electron chi connectivity index (χ1n) is 5.26. The van der Waals surface area contributed by atoms with E-state index in [0.717, 1.165) is 0 Å². The van der Waals surface area contributed by atoms with Gasteiger partial charge < -0.3 is 14.6 Å². The maximum absolute atomic E-state index is 11.8. The molecule has 0 aliphatic carbocycles. The zero-order valence-corrected chi connectivity index (χ0v) is 10.5. The smallest absolute Gasteiger partial charge is 0.306 e. The molecule has 1 aliphatic heterocycles. The molecular weight excluding hydrogens is 250 g/mol. The first kappa shape index (κ1) is 14.4. The van der Waals surface area contributed by atoms with Crippen LogP contribution in [0.4, 0.5) is 0 Å². The second kappa shape index (κ2) is 6.29. The molecule has 1 atom stereocenters. The van der Waals surface area contributed by atoms with Crippen LogP contribution in [0.3, 0.4) is 0 Å². The van der Waals surface area contributed by atoms with E-state index < -0.39 is 22.1 Å². The fourth-order valence-corrected chi connectivity index (χ4v) is 2.96. The van der Waals surface area contributed by atoms with Gasteiger partial charge in [-0.05, 0) is 0 Å². The van der Waals surface area contributed by atoms with E-state index in [1.54, 1.807) is 0 Å². The van der Waals surface area contributed by atoms with Gasteiger partial charge >= 0.3 is 5.97 Å². The third kappa shape index (κ3) is 4.58. The van der Waals surface area contributed by atoms with E-state index in [0.29, 0.717) is 0 Å². The maximum atomic E-state index is 11.8. The molecule has 0 aromatic carbocycles. The van der Waals surface area contributed by atoms with Crippen LogP contribution in [0.25, 0.3) is 0 Å². The third-order valence-electron chi connectivity index (χ3n) is 2.44. The summed E-state index contributed by atoms with van der Waals surface area (Å²) in [4.78, 5) is 10.5. The highest BCUT2D eigenvalue weighted by molar-refractivity contribution is 7.89. The maximum Gasteiger partial charge on any atom is 0.306 e. The predicted molar refractivity (Wildman–Crippen MR) is 59.2 cm³/mol. The number of aliphatic carboxylic acids is 1. The lowest BCUT2D eigenvalue weighted by molar-refractivity contribution is -0.141. The fourth-order valence-electron chi connectivity index (χ4n) is 1.58. The van der Waals surface area contributed by atoms with Crippen molar-refractivity contribution in [3.63, 3.8) is 0 Å². The van der Waals surface area contributed by atoms with Crippen molar-refractivity contribution in [2.75, 3.05) is 39.2 Å². The van der Waals surface area contributed by atoms with Crippen LogP contribution in [0.1, 0.15) is 6.42 Å². The number of hydrogen-bond acceptors (Lipinski definition) is 5. The van der Waals surface area contributed by atoms with E-state index in [-0.39, 0.29) is 38.5 Å². The fraction of sp³-hybridized carbons (Fsp3) is 0.889. The van der Waals surface area contributed by atoms with Gasteiger partial charge in [0.25, 0.3) is 0 Å². The average molecular weight is 267 g/mol. The lowest BCUT2D eigenvalue weighted by Gasteiger charge is -2.31. The van der Waals surface area contributed by atoms with Gasteiger partial charge in [-0.1, -0.05) is 0 Å². The number of morpholine rings is 1. The Labute approximate surface area is 100 Å². The molecule has 0 spiro atoms. The van der Waals surface area contributed by atoms with E-state index in [1.807, 2.05) is 0 Å². The topological polar surface area (TPSA) is 93.1 Å². The minimum absolute atomic E-state index is 0.0940. The predicted octanol–water partition coefficient (Wildman–Crippen LogP) is -0.862. The zero-order valence-electron chi connectivity index (χ0n) is 9.66. The van der Waals surface area contributed by atoms with E-state index in [1.165, 1.54) is 11.4 Å². The summed E-state index contributed by atoms with van der Waals surface area (Å²) in [5.41, 5.74) is 0. The highest BCUT2D eigenvalue weighted by Crippen LogP contribution is 2.13. The van der Waals surface area contributed by atoms with Gasteiger partial charge in [0, 0.05) is 20.2 Å². The Morgan fingerprint density at radius 2 is 2.29 bits per heavy atom. The number of rotatable bonds is 6. The molecule has 100 valence electrons. The van der Waals surface area contributed by atoms with Gasteiger partial charge in [0.2, 0.25) is 10.0 Å². The molecule has 1 saturated heterocycles. The number of ether oxygens (including phenoxy) is 2.